The Morgan fingerprint density at radius 2 is 1.80 bits per heavy atom. The van der Waals surface area contributed by atoms with Crippen LogP contribution in [0, 0.1) is 0 Å². The average molecular weight is 398 g/mol. The first-order valence-electron chi connectivity index (χ1n) is 9.64. The van der Waals surface area contributed by atoms with Crippen LogP contribution < -0.4 is 0 Å². The van der Waals surface area contributed by atoms with Crippen LogP contribution in [-0.4, -0.2) is 49.2 Å². The van der Waals surface area contributed by atoms with Crippen LogP contribution in [0.4, 0.5) is 0 Å². The van der Waals surface area contributed by atoms with Crippen molar-refractivity contribution in [3.8, 4) is 11.4 Å². The minimum Gasteiger partial charge on any atom is -0.339 e. The number of nitrogens with zero attached hydrogens (tertiary/aromatic N) is 6. The fourth-order valence-corrected chi connectivity index (χ4v) is 3.84. The van der Waals surface area contributed by atoms with E-state index in [1.807, 2.05) is 48.7 Å². The molecule has 0 spiro atoms. The van der Waals surface area contributed by atoms with E-state index in [-0.39, 0.29) is 17.7 Å². The van der Waals surface area contributed by atoms with Gasteiger partial charge in [-0.1, -0.05) is 41.6 Å². The van der Waals surface area contributed by atoms with Crippen molar-refractivity contribution >= 4 is 5.91 Å². The molecule has 4 aromatic rings. The van der Waals surface area contributed by atoms with Gasteiger partial charge >= 0.3 is 0 Å². The van der Waals surface area contributed by atoms with Crippen LogP contribution in [0.1, 0.15) is 33.6 Å². The summed E-state index contributed by atoms with van der Waals surface area (Å²) in [4.78, 5) is 23.7. The normalized spacial score (nSPS) is 18.5. The molecular weight excluding hydrogens is 380 g/mol. The van der Waals surface area contributed by atoms with Crippen molar-refractivity contribution in [3.05, 3.63) is 90.3 Å². The van der Waals surface area contributed by atoms with Gasteiger partial charge in [0, 0.05) is 37.0 Å². The van der Waals surface area contributed by atoms with E-state index >= 15 is 0 Å². The van der Waals surface area contributed by atoms with Crippen LogP contribution in [0.25, 0.3) is 11.4 Å². The largest absolute Gasteiger partial charge is 0.339 e. The third kappa shape index (κ3) is 3.43. The molecule has 8 heteroatoms. The van der Waals surface area contributed by atoms with Crippen LogP contribution in [0.3, 0.4) is 0 Å². The molecule has 1 amide bonds. The molecule has 1 saturated heterocycles. The third-order valence-corrected chi connectivity index (χ3v) is 5.34. The summed E-state index contributed by atoms with van der Waals surface area (Å²) in [5.74, 6) is 0.841. The Hall–Kier alpha value is -3.94. The standard InChI is InChI=1S/C22H18N6O2/c29-22(17-8-10-24-25-12-17)28-13-18(16-7-4-9-23-11-16)19(14-28)21-26-20(27-30-21)15-5-2-1-3-6-15/h1-12,18-19H,13-14H2/t18-,19+/m0/s1. The number of pyridine rings is 1. The van der Waals surface area contributed by atoms with E-state index in [1.165, 1.54) is 12.4 Å². The minimum atomic E-state index is -0.127. The van der Waals surface area contributed by atoms with Gasteiger partial charge in [-0.25, -0.2) is 0 Å². The Morgan fingerprint density at radius 3 is 2.57 bits per heavy atom. The summed E-state index contributed by atoms with van der Waals surface area (Å²) < 4.78 is 5.65. The van der Waals surface area contributed by atoms with Crippen molar-refractivity contribution in [3.63, 3.8) is 0 Å². The van der Waals surface area contributed by atoms with E-state index in [4.69, 9.17) is 4.52 Å². The average Bonchev–Trinajstić information content (AvgIpc) is 3.48. The maximum absolute atomic E-state index is 13.0. The maximum Gasteiger partial charge on any atom is 0.255 e. The van der Waals surface area contributed by atoms with Crippen molar-refractivity contribution in [2.45, 2.75) is 11.8 Å². The first-order chi connectivity index (χ1) is 14.8. The Bertz CT molecular complexity index is 1130. The van der Waals surface area contributed by atoms with Crippen LogP contribution in [0.5, 0.6) is 0 Å². The Kier molecular flexibility index (Phi) is 4.72. The van der Waals surface area contributed by atoms with Gasteiger partial charge in [-0.05, 0) is 17.7 Å². The molecular formula is C22H18N6O2. The number of benzene rings is 1. The second-order valence-corrected chi connectivity index (χ2v) is 7.16. The maximum atomic E-state index is 13.0. The van der Waals surface area contributed by atoms with Crippen molar-refractivity contribution < 1.29 is 9.32 Å². The lowest BCUT2D eigenvalue weighted by molar-refractivity contribution is 0.0787. The van der Waals surface area contributed by atoms with Gasteiger partial charge in [0.25, 0.3) is 5.91 Å². The molecule has 3 aromatic heterocycles. The molecule has 148 valence electrons. The van der Waals surface area contributed by atoms with Crippen LogP contribution >= 0.6 is 0 Å². The molecule has 0 N–H and O–H groups in total. The molecule has 1 fully saturated rings. The molecule has 1 aliphatic rings. The highest BCUT2D eigenvalue weighted by Gasteiger charge is 2.40. The van der Waals surface area contributed by atoms with Crippen molar-refractivity contribution in [2.24, 2.45) is 0 Å². The van der Waals surface area contributed by atoms with Gasteiger partial charge in [0.1, 0.15) is 0 Å². The van der Waals surface area contributed by atoms with Gasteiger partial charge in [0.05, 0.1) is 23.9 Å². The fraction of sp³-hybridized carbons (Fsp3) is 0.182. The topological polar surface area (TPSA) is 97.9 Å². The Labute approximate surface area is 172 Å². The minimum absolute atomic E-state index is 0.00141. The molecule has 0 bridgehead atoms. The van der Waals surface area contributed by atoms with Gasteiger partial charge in [0.15, 0.2) is 0 Å². The van der Waals surface area contributed by atoms with E-state index < -0.39 is 0 Å². The van der Waals surface area contributed by atoms with Gasteiger partial charge < -0.3 is 9.42 Å². The number of aromatic nitrogens is 5. The molecule has 1 aromatic carbocycles. The molecule has 5 rings (SSSR count). The van der Waals surface area contributed by atoms with Gasteiger partial charge in [0.2, 0.25) is 11.7 Å². The first-order valence-corrected chi connectivity index (χ1v) is 9.64. The molecule has 0 saturated carbocycles. The van der Waals surface area contributed by atoms with Crippen LogP contribution in [0.15, 0.2) is 77.8 Å². The zero-order valence-corrected chi connectivity index (χ0v) is 16.0. The smallest absolute Gasteiger partial charge is 0.255 e. The Balaban J connectivity index is 1.47. The highest BCUT2D eigenvalue weighted by molar-refractivity contribution is 5.94. The molecule has 8 nitrogen and oxygen atoms in total. The van der Waals surface area contributed by atoms with Crippen molar-refractivity contribution in [2.75, 3.05) is 13.1 Å². The lowest BCUT2D eigenvalue weighted by Gasteiger charge is -2.16. The number of carbonyl (C=O) groups excluding carboxylic acids is 1. The monoisotopic (exact) mass is 398 g/mol. The highest BCUT2D eigenvalue weighted by Crippen LogP contribution is 2.39. The van der Waals surface area contributed by atoms with Crippen molar-refractivity contribution in [1.29, 1.82) is 0 Å². The number of carbonyl (C=O) groups is 1. The molecule has 2 atom stereocenters. The molecule has 0 aliphatic carbocycles. The van der Waals surface area contributed by atoms with Gasteiger partial charge in [-0.3, -0.25) is 9.78 Å². The van der Waals surface area contributed by atoms with E-state index in [2.05, 4.69) is 25.3 Å². The van der Waals surface area contributed by atoms with Gasteiger partial charge in [-0.2, -0.15) is 15.2 Å². The first kappa shape index (κ1) is 18.1. The van der Waals surface area contributed by atoms with E-state index in [0.717, 1.165) is 11.1 Å². The highest BCUT2D eigenvalue weighted by atomic mass is 16.5. The summed E-state index contributed by atoms with van der Waals surface area (Å²) in [6.07, 6.45) is 6.56. The van der Waals surface area contributed by atoms with Crippen LogP contribution in [0.2, 0.25) is 0 Å². The SMILES string of the molecule is O=C(c1ccnnc1)N1C[C@@H](c2cccnc2)[C@H](c2nc(-c3ccccc3)no2)C1. The summed E-state index contributed by atoms with van der Waals surface area (Å²) in [6.45, 7) is 0.998. The summed E-state index contributed by atoms with van der Waals surface area (Å²) in [5.41, 5.74) is 2.43. The Morgan fingerprint density at radius 1 is 0.933 bits per heavy atom. The zero-order chi connectivity index (χ0) is 20.3. The second kappa shape index (κ2) is 7.82. The molecule has 1 aliphatic heterocycles. The number of likely N-dealkylation sites (tertiary alicyclic amines) is 1. The lowest BCUT2D eigenvalue weighted by atomic mass is 9.90. The summed E-state index contributed by atoms with van der Waals surface area (Å²) >= 11 is 0. The second-order valence-electron chi connectivity index (χ2n) is 7.16. The van der Waals surface area contributed by atoms with E-state index in [9.17, 15) is 4.79 Å². The number of hydrogen-bond acceptors (Lipinski definition) is 7. The predicted octanol–water partition coefficient (Wildman–Crippen LogP) is 2.95. The van der Waals surface area contributed by atoms with E-state index in [1.54, 1.807) is 17.2 Å². The number of amides is 1. The molecule has 30 heavy (non-hydrogen) atoms. The zero-order valence-electron chi connectivity index (χ0n) is 16.0. The molecule has 0 radical (unpaired) electrons. The van der Waals surface area contributed by atoms with E-state index in [0.29, 0.717) is 30.4 Å². The lowest BCUT2D eigenvalue weighted by Crippen LogP contribution is -2.29. The fourth-order valence-electron chi connectivity index (χ4n) is 3.84. The summed E-state index contributed by atoms with van der Waals surface area (Å²) in [6, 6.07) is 15.3. The number of hydrogen-bond donors (Lipinski definition) is 0. The summed E-state index contributed by atoms with van der Waals surface area (Å²) in [7, 11) is 0. The quantitative estimate of drug-likeness (QED) is 0.521. The van der Waals surface area contributed by atoms with Crippen LogP contribution in [-0.2, 0) is 0 Å². The molecule has 4 heterocycles. The number of rotatable bonds is 4. The third-order valence-electron chi connectivity index (χ3n) is 5.34. The van der Waals surface area contributed by atoms with Crippen molar-refractivity contribution in [1.82, 2.24) is 30.2 Å². The molecule has 0 unspecified atom stereocenters. The predicted molar refractivity (Wildman–Crippen MR) is 107 cm³/mol. The summed E-state index contributed by atoms with van der Waals surface area (Å²) in [5, 5.41) is 11.7. The van der Waals surface area contributed by atoms with Gasteiger partial charge in [-0.15, -0.1) is 0 Å².